The van der Waals surface area contributed by atoms with E-state index in [1.165, 1.54) is 44.1 Å². The minimum Gasteiger partial charge on any atom is -0.452 e. The standard InChI is InChI=1S/C40H49F3O4/c1-3-5-7-9-10-11-13-29-15-17-30(18-16-29)31-19-21-32(22-20-31)38(44)46-36-26-25-33-27-35(24-23-34(33)28-36)39(45)47-37(40(41,42)43)14-12-8-6-4-2/h15-22,25-26,28,35,37H,3-14,23-24,27H2,1-2H3/t35?,37-/m1/s1. The fraction of sp³-hybridized carbons (Fsp3) is 0.500. The summed E-state index contributed by atoms with van der Waals surface area (Å²) >= 11 is 0. The Kier molecular flexibility index (Phi) is 13.9. The zero-order valence-corrected chi connectivity index (χ0v) is 27.9. The Morgan fingerprint density at radius 3 is 2.04 bits per heavy atom. The van der Waals surface area contributed by atoms with E-state index in [-0.39, 0.29) is 6.42 Å². The summed E-state index contributed by atoms with van der Waals surface area (Å²) in [7, 11) is 0. The molecule has 0 amide bonds. The number of carbonyl (C=O) groups excluding carboxylic acids is 2. The number of benzene rings is 3. The molecule has 0 aromatic heterocycles. The molecule has 0 spiro atoms. The third-order valence-electron chi connectivity index (χ3n) is 9.12. The molecule has 0 saturated carbocycles. The number of aryl methyl sites for hydroxylation is 2. The van der Waals surface area contributed by atoms with Crippen LogP contribution in [0.25, 0.3) is 11.1 Å². The van der Waals surface area contributed by atoms with Crippen molar-refractivity contribution in [3.8, 4) is 16.9 Å². The van der Waals surface area contributed by atoms with Gasteiger partial charge in [-0.2, -0.15) is 13.2 Å². The third kappa shape index (κ3) is 11.3. The van der Waals surface area contributed by atoms with Gasteiger partial charge in [-0.1, -0.05) is 108 Å². The van der Waals surface area contributed by atoms with Crippen molar-refractivity contribution in [1.29, 1.82) is 0 Å². The van der Waals surface area contributed by atoms with Gasteiger partial charge < -0.3 is 9.47 Å². The van der Waals surface area contributed by atoms with E-state index in [0.29, 0.717) is 43.4 Å². The maximum absolute atomic E-state index is 13.5. The molecule has 4 nitrogen and oxygen atoms in total. The summed E-state index contributed by atoms with van der Waals surface area (Å²) in [6.45, 7) is 4.23. The van der Waals surface area contributed by atoms with E-state index in [9.17, 15) is 22.8 Å². The second-order valence-corrected chi connectivity index (χ2v) is 12.9. The predicted octanol–water partition coefficient (Wildman–Crippen LogP) is 11.0. The molecule has 1 aliphatic carbocycles. The van der Waals surface area contributed by atoms with Crippen molar-refractivity contribution < 1.29 is 32.2 Å². The minimum absolute atomic E-state index is 0.206. The first-order chi connectivity index (χ1) is 22.7. The van der Waals surface area contributed by atoms with Crippen molar-refractivity contribution in [3.05, 3.63) is 89.0 Å². The number of unbranched alkanes of at least 4 members (excludes halogenated alkanes) is 8. The lowest BCUT2D eigenvalue weighted by Crippen LogP contribution is -2.37. The highest BCUT2D eigenvalue weighted by atomic mass is 19.4. The topological polar surface area (TPSA) is 52.6 Å². The van der Waals surface area contributed by atoms with Gasteiger partial charge in [0.15, 0.2) is 6.10 Å². The molecule has 47 heavy (non-hydrogen) atoms. The highest BCUT2D eigenvalue weighted by molar-refractivity contribution is 5.91. The van der Waals surface area contributed by atoms with Crippen molar-refractivity contribution >= 4 is 11.9 Å². The molecule has 1 aliphatic rings. The quantitative estimate of drug-likeness (QED) is 0.0829. The first-order valence-electron chi connectivity index (χ1n) is 17.5. The summed E-state index contributed by atoms with van der Waals surface area (Å²) in [5.74, 6) is -1.51. The lowest BCUT2D eigenvalue weighted by atomic mass is 9.84. The number of hydrogen-bond donors (Lipinski definition) is 0. The Labute approximate surface area is 278 Å². The van der Waals surface area contributed by atoms with Crippen LogP contribution in [0.2, 0.25) is 0 Å². The normalized spacial score (nSPS) is 15.1. The molecule has 2 atom stereocenters. The molecule has 3 aromatic carbocycles. The number of halogens is 3. The Bertz CT molecular complexity index is 1410. The van der Waals surface area contributed by atoms with Crippen LogP contribution in [0.4, 0.5) is 13.2 Å². The van der Waals surface area contributed by atoms with E-state index < -0.39 is 30.1 Å². The molecule has 1 unspecified atom stereocenters. The average molecular weight is 651 g/mol. The van der Waals surface area contributed by atoms with E-state index in [4.69, 9.17) is 9.47 Å². The van der Waals surface area contributed by atoms with E-state index in [0.717, 1.165) is 41.5 Å². The van der Waals surface area contributed by atoms with Gasteiger partial charge in [0.25, 0.3) is 0 Å². The highest BCUT2D eigenvalue weighted by Crippen LogP contribution is 2.33. The van der Waals surface area contributed by atoms with Crippen LogP contribution >= 0.6 is 0 Å². The molecular weight excluding hydrogens is 601 g/mol. The van der Waals surface area contributed by atoms with Crippen LogP contribution in [0.15, 0.2) is 66.7 Å². The molecule has 0 fully saturated rings. The maximum Gasteiger partial charge on any atom is 0.425 e. The lowest BCUT2D eigenvalue weighted by molar-refractivity contribution is -0.225. The number of carbonyl (C=O) groups is 2. The monoisotopic (exact) mass is 650 g/mol. The summed E-state index contributed by atoms with van der Waals surface area (Å²) in [5, 5.41) is 0. The average Bonchev–Trinajstić information content (AvgIpc) is 3.07. The molecule has 254 valence electrons. The SMILES string of the molecule is CCCCCCCCc1ccc(-c2ccc(C(=O)Oc3ccc4c(c3)CCC(C(=O)O[C@H](CCCCCC)C(F)(F)F)C4)cc2)cc1. The van der Waals surface area contributed by atoms with E-state index >= 15 is 0 Å². The molecule has 7 heteroatoms. The smallest absolute Gasteiger partial charge is 0.425 e. The van der Waals surface area contributed by atoms with Gasteiger partial charge in [-0.25, -0.2) is 4.79 Å². The van der Waals surface area contributed by atoms with Gasteiger partial charge in [-0.05, 0) is 97.0 Å². The molecule has 0 saturated heterocycles. The Balaban J connectivity index is 1.27. The molecule has 0 heterocycles. The minimum atomic E-state index is -4.58. The predicted molar refractivity (Wildman–Crippen MR) is 181 cm³/mol. The summed E-state index contributed by atoms with van der Waals surface area (Å²) in [5.41, 5.74) is 5.66. The summed E-state index contributed by atoms with van der Waals surface area (Å²) in [6, 6.07) is 21.2. The third-order valence-corrected chi connectivity index (χ3v) is 9.12. The number of rotatable bonds is 17. The molecule has 0 aliphatic heterocycles. The van der Waals surface area contributed by atoms with Crippen molar-refractivity contribution in [3.63, 3.8) is 0 Å². The van der Waals surface area contributed by atoms with Gasteiger partial charge in [0.2, 0.25) is 0 Å². The zero-order chi connectivity index (χ0) is 33.6. The molecular formula is C40H49F3O4. The van der Waals surface area contributed by atoms with Gasteiger partial charge in [0.1, 0.15) is 5.75 Å². The van der Waals surface area contributed by atoms with Crippen LogP contribution in [0.3, 0.4) is 0 Å². The fourth-order valence-corrected chi connectivity index (χ4v) is 6.22. The lowest BCUT2D eigenvalue weighted by Gasteiger charge is -2.27. The number of hydrogen-bond acceptors (Lipinski definition) is 4. The van der Waals surface area contributed by atoms with E-state index in [2.05, 4.69) is 31.2 Å². The van der Waals surface area contributed by atoms with Crippen LogP contribution < -0.4 is 4.74 Å². The van der Waals surface area contributed by atoms with Crippen LogP contribution in [0.5, 0.6) is 5.75 Å². The highest BCUT2D eigenvalue weighted by Gasteiger charge is 2.43. The fourth-order valence-electron chi connectivity index (χ4n) is 6.22. The maximum atomic E-state index is 13.5. The number of fused-ring (bicyclic) bond motifs is 1. The Morgan fingerprint density at radius 1 is 0.766 bits per heavy atom. The van der Waals surface area contributed by atoms with Crippen LogP contribution in [-0.2, 0) is 28.8 Å². The zero-order valence-electron chi connectivity index (χ0n) is 27.9. The van der Waals surface area contributed by atoms with Gasteiger partial charge in [0, 0.05) is 0 Å². The van der Waals surface area contributed by atoms with Crippen LogP contribution in [-0.4, -0.2) is 24.2 Å². The first kappa shape index (κ1) is 36.2. The number of alkyl halides is 3. The van der Waals surface area contributed by atoms with Crippen molar-refractivity contribution in [1.82, 2.24) is 0 Å². The molecule has 4 rings (SSSR count). The van der Waals surface area contributed by atoms with Crippen LogP contribution in [0.1, 0.15) is 118 Å². The van der Waals surface area contributed by atoms with E-state index in [1.807, 2.05) is 19.1 Å². The summed E-state index contributed by atoms with van der Waals surface area (Å²) < 4.78 is 51.3. The van der Waals surface area contributed by atoms with Crippen molar-refractivity contribution in [2.45, 2.75) is 122 Å². The van der Waals surface area contributed by atoms with Gasteiger partial charge in [-0.3, -0.25) is 4.79 Å². The second-order valence-electron chi connectivity index (χ2n) is 12.9. The second kappa shape index (κ2) is 18.1. The van der Waals surface area contributed by atoms with Gasteiger partial charge in [0.05, 0.1) is 11.5 Å². The summed E-state index contributed by atoms with van der Waals surface area (Å²) in [4.78, 5) is 25.7. The van der Waals surface area contributed by atoms with Crippen molar-refractivity contribution in [2.75, 3.05) is 0 Å². The Morgan fingerprint density at radius 2 is 1.38 bits per heavy atom. The molecule has 0 N–H and O–H groups in total. The Hall–Kier alpha value is -3.61. The number of esters is 2. The van der Waals surface area contributed by atoms with Crippen LogP contribution in [0, 0.1) is 5.92 Å². The van der Waals surface area contributed by atoms with Crippen molar-refractivity contribution in [2.24, 2.45) is 5.92 Å². The first-order valence-corrected chi connectivity index (χ1v) is 17.5. The molecule has 0 radical (unpaired) electrons. The summed E-state index contributed by atoms with van der Waals surface area (Å²) in [6.07, 6.45) is 5.94. The molecule has 3 aromatic rings. The number of ether oxygens (including phenoxy) is 2. The largest absolute Gasteiger partial charge is 0.452 e. The van der Waals surface area contributed by atoms with Gasteiger partial charge in [-0.15, -0.1) is 0 Å². The van der Waals surface area contributed by atoms with Gasteiger partial charge >= 0.3 is 18.1 Å². The van der Waals surface area contributed by atoms with E-state index in [1.54, 1.807) is 30.3 Å². The molecule has 0 bridgehead atoms.